The lowest BCUT2D eigenvalue weighted by atomic mass is 10.3. The maximum absolute atomic E-state index is 11.9. The molecule has 6 nitrogen and oxygen atoms in total. The minimum Gasteiger partial charge on any atom is -0.341 e. The van der Waals surface area contributed by atoms with Gasteiger partial charge in [-0.3, -0.25) is 9.20 Å². The molecule has 0 radical (unpaired) electrons. The first kappa shape index (κ1) is 11.8. The number of carbonyl (C=O) groups excluding carboxylic acids is 1. The highest BCUT2D eigenvalue weighted by Crippen LogP contribution is 2.12. The minimum absolute atomic E-state index is 0.207. The van der Waals surface area contributed by atoms with Crippen LogP contribution in [0.4, 0.5) is 0 Å². The summed E-state index contributed by atoms with van der Waals surface area (Å²) in [4.78, 5) is 15.9. The summed E-state index contributed by atoms with van der Waals surface area (Å²) in [5.41, 5.74) is 2.81. The molecule has 3 heterocycles. The zero-order valence-electron chi connectivity index (χ0n) is 10.1. The molecule has 1 atom stereocenters. The predicted octanol–water partition coefficient (Wildman–Crippen LogP) is 1.68. The Kier molecular flexibility index (Phi) is 2.96. The molecule has 7 heteroatoms. The van der Waals surface area contributed by atoms with Crippen LogP contribution in [0.3, 0.4) is 0 Å². The molecular formula is C12H11N5OS. The molecule has 19 heavy (non-hydrogen) atoms. The molecule has 0 saturated carbocycles. The molecule has 0 fully saturated rings. The summed E-state index contributed by atoms with van der Waals surface area (Å²) in [7, 11) is 0. The van der Waals surface area contributed by atoms with Gasteiger partial charge in [0.05, 0.1) is 11.6 Å². The van der Waals surface area contributed by atoms with Crippen LogP contribution in [0.2, 0.25) is 0 Å². The fourth-order valence-corrected chi connectivity index (χ4v) is 2.35. The van der Waals surface area contributed by atoms with Crippen LogP contribution in [0.15, 0.2) is 35.3 Å². The van der Waals surface area contributed by atoms with Gasteiger partial charge in [-0.1, -0.05) is 6.07 Å². The maximum Gasteiger partial charge on any atom is 0.271 e. The number of thiazole rings is 1. The Labute approximate surface area is 113 Å². The number of hydrogen-bond donors (Lipinski definition) is 1. The van der Waals surface area contributed by atoms with E-state index in [1.165, 1.54) is 11.3 Å². The van der Waals surface area contributed by atoms with E-state index >= 15 is 0 Å². The van der Waals surface area contributed by atoms with E-state index < -0.39 is 0 Å². The number of carbonyl (C=O) groups is 1. The Hall–Kier alpha value is -2.28. The first-order valence-corrected chi connectivity index (χ1v) is 6.68. The van der Waals surface area contributed by atoms with Crippen molar-refractivity contribution in [2.24, 2.45) is 0 Å². The Morgan fingerprint density at radius 3 is 3.11 bits per heavy atom. The number of fused-ring (bicyclic) bond motifs is 1. The molecule has 0 spiro atoms. The van der Waals surface area contributed by atoms with E-state index in [-0.39, 0.29) is 11.9 Å². The highest BCUT2D eigenvalue weighted by Gasteiger charge is 2.17. The number of nitrogens with zero attached hydrogens (tertiary/aromatic N) is 4. The maximum atomic E-state index is 11.9. The summed E-state index contributed by atoms with van der Waals surface area (Å²) in [5.74, 6) is 0.487. The molecule has 0 saturated heterocycles. The standard InChI is InChI=1S/C12H11N5OS/c1-8(14-12(18)9-6-19-7-13-9)11-16-15-10-4-2-3-5-17(10)11/h2-8H,1H3,(H,14,18). The molecule has 0 aliphatic rings. The summed E-state index contributed by atoms with van der Waals surface area (Å²) in [5, 5.41) is 12.7. The second-order valence-corrected chi connectivity index (χ2v) is 4.77. The molecule has 96 valence electrons. The van der Waals surface area contributed by atoms with Crippen molar-refractivity contribution < 1.29 is 4.79 Å². The number of hydrogen-bond acceptors (Lipinski definition) is 5. The van der Waals surface area contributed by atoms with Crippen molar-refractivity contribution in [3.63, 3.8) is 0 Å². The van der Waals surface area contributed by atoms with Crippen LogP contribution in [0.1, 0.15) is 29.3 Å². The third-order valence-corrected chi connectivity index (χ3v) is 3.33. The van der Waals surface area contributed by atoms with Crippen LogP contribution in [0.5, 0.6) is 0 Å². The molecular weight excluding hydrogens is 262 g/mol. The van der Waals surface area contributed by atoms with Crippen molar-refractivity contribution in [1.82, 2.24) is 24.9 Å². The van der Waals surface area contributed by atoms with E-state index in [0.29, 0.717) is 11.5 Å². The quantitative estimate of drug-likeness (QED) is 0.788. The van der Waals surface area contributed by atoms with E-state index in [1.807, 2.05) is 35.7 Å². The van der Waals surface area contributed by atoms with Crippen LogP contribution in [0, 0.1) is 0 Å². The number of nitrogens with one attached hydrogen (secondary N) is 1. The fraction of sp³-hybridized carbons (Fsp3) is 0.167. The van der Waals surface area contributed by atoms with Gasteiger partial charge in [-0.2, -0.15) is 0 Å². The molecule has 0 aromatic carbocycles. The van der Waals surface area contributed by atoms with Gasteiger partial charge in [-0.15, -0.1) is 21.5 Å². The topological polar surface area (TPSA) is 72.2 Å². The average molecular weight is 273 g/mol. The smallest absolute Gasteiger partial charge is 0.271 e. The molecule has 3 aromatic heterocycles. The molecule has 3 rings (SSSR count). The fourth-order valence-electron chi connectivity index (χ4n) is 1.81. The van der Waals surface area contributed by atoms with Gasteiger partial charge in [0.15, 0.2) is 11.5 Å². The predicted molar refractivity (Wildman–Crippen MR) is 71.0 cm³/mol. The molecule has 1 unspecified atom stereocenters. The van der Waals surface area contributed by atoms with E-state index in [4.69, 9.17) is 0 Å². The van der Waals surface area contributed by atoms with Crippen LogP contribution in [-0.4, -0.2) is 25.5 Å². The van der Waals surface area contributed by atoms with Crippen molar-refractivity contribution in [3.8, 4) is 0 Å². The van der Waals surface area contributed by atoms with Crippen molar-refractivity contribution in [1.29, 1.82) is 0 Å². The zero-order chi connectivity index (χ0) is 13.2. The van der Waals surface area contributed by atoms with Crippen molar-refractivity contribution in [2.45, 2.75) is 13.0 Å². The normalized spacial score (nSPS) is 12.5. The lowest BCUT2D eigenvalue weighted by Gasteiger charge is -2.11. The van der Waals surface area contributed by atoms with Gasteiger partial charge >= 0.3 is 0 Å². The van der Waals surface area contributed by atoms with Gasteiger partial charge in [0.25, 0.3) is 5.91 Å². The van der Waals surface area contributed by atoms with Gasteiger partial charge in [0, 0.05) is 11.6 Å². The SMILES string of the molecule is CC(NC(=O)c1cscn1)c1nnc2ccccn12. The molecule has 1 N–H and O–H groups in total. The lowest BCUT2D eigenvalue weighted by Crippen LogP contribution is -2.28. The highest BCUT2D eigenvalue weighted by atomic mass is 32.1. The molecule has 3 aromatic rings. The summed E-state index contributed by atoms with van der Waals surface area (Å²) in [6, 6.07) is 5.42. The van der Waals surface area contributed by atoms with Crippen LogP contribution < -0.4 is 5.32 Å². The number of pyridine rings is 1. The van der Waals surface area contributed by atoms with Crippen molar-refractivity contribution >= 4 is 22.9 Å². The van der Waals surface area contributed by atoms with Crippen molar-refractivity contribution in [3.05, 3.63) is 46.8 Å². The summed E-state index contributed by atoms with van der Waals surface area (Å²) in [6.45, 7) is 1.87. The second-order valence-electron chi connectivity index (χ2n) is 4.06. The van der Waals surface area contributed by atoms with E-state index in [2.05, 4.69) is 20.5 Å². The van der Waals surface area contributed by atoms with Crippen LogP contribution in [-0.2, 0) is 0 Å². The largest absolute Gasteiger partial charge is 0.341 e. The van der Waals surface area contributed by atoms with E-state index in [0.717, 1.165) is 5.65 Å². The molecule has 1 amide bonds. The highest BCUT2D eigenvalue weighted by molar-refractivity contribution is 7.07. The molecule has 0 bridgehead atoms. The second kappa shape index (κ2) is 4.77. The Morgan fingerprint density at radius 2 is 2.32 bits per heavy atom. The summed E-state index contributed by atoms with van der Waals surface area (Å²) in [6.07, 6.45) is 1.87. The third-order valence-electron chi connectivity index (χ3n) is 2.74. The zero-order valence-corrected chi connectivity index (χ0v) is 11.0. The lowest BCUT2D eigenvalue weighted by molar-refractivity contribution is 0.0934. The van der Waals surface area contributed by atoms with E-state index in [9.17, 15) is 4.79 Å². The van der Waals surface area contributed by atoms with Crippen LogP contribution in [0.25, 0.3) is 5.65 Å². The number of rotatable bonds is 3. The Bertz CT molecular complexity index is 706. The van der Waals surface area contributed by atoms with E-state index in [1.54, 1.807) is 10.9 Å². The Morgan fingerprint density at radius 1 is 1.42 bits per heavy atom. The first-order chi connectivity index (χ1) is 9.25. The minimum atomic E-state index is -0.244. The van der Waals surface area contributed by atoms with Gasteiger partial charge < -0.3 is 5.32 Å². The third kappa shape index (κ3) is 2.19. The Balaban J connectivity index is 1.84. The molecule has 0 aliphatic heterocycles. The van der Waals surface area contributed by atoms with Gasteiger partial charge in [0.1, 0.15) is 5.69 Å². The van der Waals surface area contributed by atoms with Crippen molar-refractivity contribution in [2.75, 3.05) is 0 Å². The van der Waals surface area contributed by atoms with Gasteiger partial charge in [-0.25, -0.2) is 4.98 Å². The van der Waals surface area contributed by atoms with Crippen LogP contribution >= 0.6 is 11.3 Å². The van der Waals surface area contributed by atoms with Gasteiger partial charge in [0.2, 0.25) is 0 Å². The first-order valence-electron chi connectivity index (χ1n) is 5.74. The summed E-state index contributed by atoms with van der Waals surface area (Å²) < 4.78 is 1.85. The summed E-state index contributed by atoms with van der Waals surface area (Å²) >= 11 is 1.39. The number of amides is 1. The molecule has 0 aliphatic carbocycles. The monoisotopic (exact) mass is 273 g/mol. The number of aromatic nitrogens is 4. The average Bonchev–Trinajstić information content (AvgIpc) is 3.08. The van der Waals surface area contributed by atoms with Gasteiger partial charge in [-0.05, 0) is 19.1 Å².